The van der Waals surface area contributed by atoms with Crippen molar-refractivity contribution < 1.29 is 0 Å². The predicted octanol–water partition coefficient (Wildman–Crippen LogP) is 2.87. The third kappa shape index (κ3) is 2.87. The second-order valence-corrected chi connectivity index (χ2v) is 4.51. The standard InChI is InChI=1S/C13H16ClN3/c1-9-3-4-10(11(14)7-9)12(15-2)8-13-16-5-6-17-13/h3-7,12,15H,8H2,1-2H3,(H,16,17). The molecule has 0 aliphatic rings. The molecule has 0 spiro atoms. The quantitative estimate of drug-likeness (QED) is 0.875. The Bertz CT molecular complexity index is 479. The van der Waals surface area contributed by atoms with Crippen LogP contribution in [0, 0.1) is 6.92 Å². The Morgan fingerprint density at radius 1 is 1.47 bits per heavy atom. The number of rotatable bonds is 4. The fourth-order valence-corrected chi connectivity index (χ4v) is 2.25. The first kappa shape index (κ1) is 12.1. The summed E-state index contributed by atoms with van der Waals surface area (Å²) in [5, 5.41) is 4.07. The molecule has 0 amide bonds. The number of aromatic nitrogens is 2. The molecule has 2 aromatic rings. The summed E-state index contributed by atoms with van der Waals surface area (Å²) in [4.78, 5) is 7.35. The molecule has 0 aliphatic carbocycles. The summed E-state index contributed by atoms with van der Waals surface area (Å²) >= 11 is 6.27. The van der Waals surface area contributed by atoms with Gasteiger partial charge in [0.15, 0.2) is 0 Å². The van der Waals surface area contributed by atoms with E-state index in [0.717, 1.165) is 22.8 Å². The Hall–Kier alpha value is -1.32. The van der Waals surface area contributed by atoms with Gasteiger partial charge >= 0.3 is 0 Å². The van der Waals surface area contributed by atoms with E-state index in [0.29, 0.717) is 0 Å². The van der Waals surface area contributed by atoms with Crippen LogP contribution in [0.5, 0.6) is 0 Å². The highest BCUT2D eigenvalue weighted by Gasteiger charge is 2.14. The Kier molecular flexibility index (Phi) is 3.82. The van der Waals surface area contributed by atoms with Crippen molar-refractivity contribution in [3.05, 3.63) is 52.6 Å². The lowest BCUT2D eigenvalue weighted by molar-refractivity contribution is 0.578. The maximum absolute atomic E-state index is 6.27. The van der Waals surface area contributed by atoms with Crippen LogP contribution >= 0.6 is 11.6 Å². The van der Waals surface area contributed by atoms with Crippen molar-refractivity contribution in [3.8, 4) is 0 Å². The number of halogens is 1. The van der Waals surface area contributed by atoms with Gasteiger partial charge < -0.3 is 10.3 Å². The second-order valence-electron chi connectivity index (χ2n) is 4.11. The summed E-state index contributed by atoms with van der Waals surface area (Å²) in [6.45, 7) is 2.04. The van der Waals surface area contributed by atoms with Gasteiger partial charge in [-0.3, -0.25) is 0 Å². The van der Waals surface area contributed by atoms with Crippen molar-refractivity contribution in [3.63, 3.8) is 0 Å². The number of benzene rings is 1. The molecular formula is C13H16ClN3. The molecule has 1 aromatic heterocycles. The number of aromatic amines is 1. The van der Waals surface area contributed by atoms with Gasteiger partial charge in [-0.1, -0.05) is 23.7 Å². The van der Waals surface area contributed by atoms with Crippen LogP contribution in [0.4, 0.5) is 0 Å². The lowest BCUT2D eigenvalue weighted by Crippen LogP contribution is -2.19. The molecule has 1 unspecified atom stereocenters. The van der Waals surface area contributed by atoms with Crippen LogP contribution in [0.2, 0.25) is 5.02 Å². The average molecular weight is 250 g/mol. The van der Waals surface area contributed by atoms with Crippen molar-refractivity contribution in [2.45, 2.75) is 19.4 Å². The zero-order valence-electron chi connectivity index (χ0n) is 10.00. The van der Waals surface area contributed by atoms with Crippen LogP contribution in [0.3, 0.4) is 0 Å². The second kappa shape index (κ2) is 5.34. The minimum absolute atomic E-state index is 0.175. The first-order valence-electron chi connectivity index (χ1n) is 5.62. The highest BCUT2D eigenvalue weighted by atomic mass is 35.5. The normalized spacial score (nSPS) is 12.6. The van der Waals surface area contributed by atoms with Gasteiger partial charge in [0.25, 0.3) is 0 Å². The smallest absolute Gasteiger partial charge is 0.107 e. The van der Waals surface area contributed by atoms with Crippen molar-refractivity contribution >= 4 is 11.6 Å². The number of likely N-dealkylation sites (N-methyl/N-ethyl adjacent to an activating group) is 1. The van der Waals surface area contributed by atoms with E-state index in [4.69, 9.17) is 11.6 Å². The molecule has 0 saturated carbocycles. The minimum atomic E-state index is 0.175. The fraction of sp³-hybridized carbons (Fsp3) is 0.308. The van der Waals surface area contributed by atoms with Crippen LogP contribution < -0.4 is 5.32 Å². The molecule has 1 atom stereocenters. The van der Waals surface area contributed by atoms with E-state index in [9.17, 15) is 0 Å². The van der Waals surface area contributed by atoms with E-state index in [1.807, 2.05) is 26.2 Å². The summed E-state index contributed by atoms with van der Waals surface area (Å²) < 4.78 is 0. The molecule has 2 N–H and O–H groups in total. The van der Waals surface area contributed by atoms with Gasteiger partial charge in [-0.2, -0.15) is 0 Å². The number of hydrogen-bond acceptors (Lipinski definition) is 2. The molecule has 0 radical (unpaired) electrons. The number of H-pyrrole nitrogens is 1. The third-order valence-electron chi connectivity index (χ3n) is 2.83. The highest BCUT2D eigenvalue weighted by Crippen LogP contribution is 2.25. The highest BCUT2D eigenvalue weighted by molar-refractivity contribution is 6.31. The van der Waals surface area contributed by atoms with Crippen molar-refractivity contribution in [2.24, 2.45) is 0 Å². The largest absolute Gasteiger partial charge is 0.349 e. The Morgan fingerprint density at radius 3 is 2.88 bits per heavy atom. The first-order chi connectivity index (χ1) is 8.20. The first-order valence-corrected chi connectivity index (χ1v) is 6.00. The van der Waals surface area contributed by atoms with E-state index < -0.39 is 0 Å². The van der Waals surface area contributed by atoms with E-state index in [-0.39, 0.29) is 6.04 Å². The van der Waals surface area contributed by atoms with E-state index in [1.54, 1.807) is 6.20 Å². The molecule has 0 saturated heterocycles. The molecular weight excluding hydrogens is 234 g/mol. The maximum atomic E-state index is 6.27. The molecule has 90 valence electrons. The van der Waals surface area contributed by atoms with Gasteiger partial charge in [0.1, 0.15) is 5.82 Å². The topological polar surface area (TPSA) is 40.7 Å². The van der Waals surface area contributed by atoms with Gasteiger partial charge in [-0.05, 0) is 31.2 Å². The zero-order valence-corrected chi connectivity index (χ0v) is 10.8. The zero-order chi connectivity index (χ0) is 12.3. The molecule has 1 aromatic carbocycles. The minimum Gasteiger partial charge on any atom is -0.349 e. The number of nitrogens with one attached hydrogen (secondary N) is 2. The average Bonchev–Trinajstić information content (AvgIpc) is 2.79. The Morgan fingerprint density at radius 2 is 2.29 bits per heavy atom. The molecule has 17 heavy (non-hydrogen) atoms. The lowest BCUT2D eigenvalue weighted by atomic mass is 10.0. The van der Waals surface area contributed by atoms with Crippen LogP contribution in [0.25, 0.3) is 0 Å². The summed E-state index contributed by atoms with van der Waals surface area (Å²) in [6, 6.07) is 6.31. The number of imidazole rings is 1. The summed E-state index contributed by atoms with van der Waals surface area (Å²) in [5.41, 5.74) is 2.28. The van der Waals surface area contributed by atoms with Gasteiger partial charge in [-0.25, -0.2) is 4.98 Å². The van der Waals surface area contributed by atoms with Gasteiger partial charge in [0, 0.05) is 29.9 Å². The molecule has 0 aliphatic heterocycles. The van der Waals surface area contributed by atoms with Crippen molar-refractivity contribution in [2.75, 3.05) is 7.05 Å². The fourth-order valence-electron chi connectivity index (χ4n) is 1.89. The van der Waals surface area contributed by atoms with Crippen molar-refractivity contribution in [1.29, 1.82) is 0 Å². The van der Waals surface area contributed by atoms with E-state index in [1.165, 1.54) is 5.56 Å². The predicted molar refractivity (Wildman–Crippen MR) is 70.3 cm³/mol. The molecule has 2 rings (SSSR count). The van der Waals surface area contributed by atoms with Crippen molar-refractivity contribution in [1.82, 2.24) is 15.3 Å². The molecule has 1 heterocycles. The maximum Gasteiger partial charge on any atom is 0.107 e. The molecule has 3 nitrogen and oxygen atoms in total. The lowest BCUT2D eigenvalue weighted by Gasteiger charge is -2.17. The monoisotopic (exact) mass is 249 g/mol. The number of aryl methyl sites for hydroxylation is 1. The summed E-state index contributed by atoms with van der Waals surface area (Å²) in [5.74, 6) is 0.959. The van der Waals surface area contributed by atoms with E-state index >= 15 is 0 Å². The SMILES string of the molecule is CNC(Cc1ncc[nH]1)c1ccc(C)cc1Cl. The van der Waals surface area contributed by atoms with E-state index in [2.05, 4.69) is 27.4 Å². The van der Waals surface area contributed by atoms with Crippen LogP contribution in [0.15, 0.2) is 30.6 Å². The summed E-state index contributed by atoms with van der Waals surface area (Å²) in [6.07, 6.45) is 4.39. The molecule has 4 heteroatoms. The van der Waals surface area contributed by atoms with Crippen LogP contribution in [-0.4, -0.2) is 17.0 Å². The third-order valence-corrected chi connectivity index (χ3v) is 3.16. The van der Waals surface area contributed by atoms with Gasteiger partial charge in [0.05, 0.1) is 0 Å². The summed E-state index contributed by atoms with van der Waals surface area (Å²) in [7, 11) is 1.93. The van der Waals surface area contributed by atoms with Gasteiger partial charge in [-0.15, -0.1) is 0 Å². The molecule has 0 bridgehead atoms. The number of hydrogen-bond donors (Lipinski definition) is 2. The molecule has 0 fully saturated rings. The Balaban J connectivity index is 2.23. The van der Waals surface area contributed by atoms with Gasteiger partial charge in [0.2, 0.25) is 0 Å². The van der Waals surface area contributed by atoms with Crippen LogP contribution in [0.1, 0.15) is 23.0 Å². The number of nitrogens with zero attached hydrogens (tertiary/aromatic N) is 1. The Labute approximate surface area is 106 Å². The van der Waals surface area contributed by atoms with Crippen LogP contribution in [-0.2, 0) is 6.42 Å².